The maximum atomic E-state index is 10.3. The zero-order chi connectivity index (χ0) is 9.68. The van der Waals surface area contributed by atoms with Gasteiger partial charge in [-0.15, -0.1) is 0 Å². The van der Waals surface area contributed by atoms with Crippen LogP contribution < -0.4 is 4.74 Å². The van der Waals surface area contributed by atoms with E-state index >= 15 is 0 Å². The predicted molar refractivity (Wildman–Crippen MR) is 40.8 cm³/mol. The molecule has 0 saturated carbocycles. The molecule has 1 rings (SSSR count). The molecule has 72 valence electrons. The van der Waals surface area contributed by atoms with Crippen molar-refractivity contribution in [2.75, 3.05) is 20.3 Å². The molecule has 1 heterocycles. The molecular formula is C7H9NO5. The first-order valence-corrected chi connectivity index (χ1v) is 3.54. The lowest BCUT2D eigenvalue weighted by Gasteiger charge is -1.97. The summed E-state index contributed by atoms with van der Waals surface area (Å²) in [7, 11) is 1.53. The monoisotopic (exact) mass is 187 g/mol. The summed E-state index contributed by atoms with van der Waals surface area (Å²) in [5.74, 6) is -1.15. The van der Waals surface area contributed by atoms with Crippen molar-refractivity contribution in [3.8, 4) is 6.08 Å². The summed E-state index contributed by atoms with van der Waals surface area (Å²) in [6.07, 6.45) is 0.958. The van der Waals surface area contributed by atoms with Gasteiger partial charge in [0, 0.05) is 7.11 Å². The fourth-order valence-electron chi connectivity index (χ4n) is 0.634. The van der Waals surface area contributed by atoms with Crippen molar-refractivity contribution in [2.24, 2.45) is 0 Å². The van der Waals surface area contributed by atoms with Crippen LogP contribution in [0.4, 0.5) is 0 Å². The van der Waals surface area contributed by atoms with Gasteiger partial charge in [0.05, 0.1) is 6.61 Å². The maximum absolute atomic E-state index is 10.3. The highest BCUT2D eigenvalue weighted by Crippen LogP contribution is 2.09. The number of aromatic carboxylic acids is 1. The lowest BCUT2D eigenvalue weighted by Crippen LogP contribution is -2.04. The highest BCUT2D eigenvalue weighted by molar-refractivity contribution is 5.84. The topological polar surface area (TPSA) is 81.8 Å². The zero-order valence-corrected chi connectivity index (χ0v) is 7.02. The summed E-state index contributed by atoms with van der Waals surface area (Å²) in [6.45, 7) is 0.668. The number of carboxylic acids is 1. The van der Waals surface area contributed by atoms with Gasteiger partial charge in [-0.3, -0.25) is 0 Å². The minimum atomic E-state index is -1.15. The molecule has 0 aliphatic carbocycles. The molecule has 6 nitrogen and oxygen atoms in total. The van der Waals surface area contributed by atoms with E-state index in [9.17, 15) is 4.79 Å². The first kappa shape index (κ1) is 9.53. The van der Waals surface area contributed by atoms with Gasteiger partial charge in [0.1, 0.15) is 12.9 Å². The van der Waals surface area contributed by atoms with Crippen molar-refractivity contribution in [3.05, 3.63) is 12.0 Å². The normalized spacial score (nSPS) is 9.92. The Hall–Kier alpha value is -1.56. The maximum Gasteiger partial charge on any atom is 0.394 e. The standard InChI is InChI=1S/C7H9NO5/c1-11-2-3-12-7-8-5(4-13-7)6(9)10/h4H,2-3H2,1H3,(H,9,10). The van der Waals surface area contributed by atoms with E-state index in [4.69, 9.17) is 19.0 Å². The molecule has 0 atom stereocenters. The van der Waals surface area contributed by atoms with Crippen LogP contribution in [0.5, 0.6) is 6.08 Å². The minimum Gasteiger partial charge on any atom is -0.476 e. The Morgan fingerprint density at radius 1 is 1.69 bits per heavy atom. The molecule has 1 N–H and O–H groups in total. The average molecular weight is 187 g/mol. The van der Waals surface area contributed by atoms with E-state index in [1.54, 1.807) is 0 Å². The van der Waals surface area contributed by atoms with E-state index < -0.39 is 5.97 Å². The number of rotatable bonds is 5. The Bertz CT molecular complexity index is 282. The molecular weight excluding hydrogens is 178 g/mol. The molecule has 13 heavy (non-hydrogen) atoms. The molecule has 0 fully saturated rings. The second kappa shape index (κ2) is 4.46. The van der Waals surface area contributed by atoms with Gasteiger partial charge in [0.25, 0.3) is 0 Å². The van der Waals surface area contributed by atoms with Crippen LogP contribution in [-0.2, 0) is 4.74 Å². The number of hydrogen-bond acceptors (Lipinski definition) is 5. The Balaban J connectivity index is 2.44. The van der Waals surface area contributed by atoms with E-state index in [1.165, 1.54) is 7.11 Å². The Kier molecular flexibility index (Phi) is 3.27. The van der Waals surface area contributed by atoms with Gasteiger partial charge in [-0.25, -0.2) is 4.79 Å². The van der Waals surface area contributed by atoms with Gasteiger partial charge in [-0.2, -0.15) is 4.98 Å². The second-order valence-electron chi connectivity index (χ2n) is 2.15. The quantitative estimate of drug-likeness (QED) is 0.672. The fourth-order valence-corrected chi connectivity index (χ4v) is 0.634. The van der Waals surface area contributed by atoms with Crippen molar-refractivity contribution in [2.45, 2.75) is 0 Å². The van der Waals surface area contributed by atoms with E-state index in [0.29, 0.717) is 6.61 Å². The van der Waals surface area contributed by atoms with Gasteiger partial charge >= 0.3 is 12.0 Å². The summed E-state index contributed by atoms with van der Waals surface area (Å²) >= 11 is 0. The largest absolute Gasteiger partial charge is 0.476 e. The van der Waals surface area contributed by atoms with Crippen LogP contribution in [0.1, 0.15) is 10.5 Å². The molecule has 1 aromatic rings. The van der Waals surface area contributed by atoms with Gasteiger partial charge in [0.2, 0.25) is 0 Å². The van der Waals surface area contributed by atoms with Crippen LogP contribution in [0.25, 0.3) is 0 Å². The smallest absolute Gasteiger partial charge is 0.394 e. The Morgan fingerprint density at radius 3 is 3.00 bits per heavy atom. The molecule has 0 unspecified atom stereocenters. The molecule has 0 amide bonds. The van der Waals surface area contributed by atoms with Gasteiger partial charge < -0.3 is 19.0 Å². The molecule has 0 saturated heterocycles. The molecule has 1 aromatic heterocycles. The van der Waals surface area contributed by atoms with E-state index in [1.807, 2.05) is 0 Å². The molecule has 0 aromatic carbocycles. The summed E-state index contributed by atoms with van der Waals surface area (Å²) < 4.78 is 14.3. The van der Waals surface area contributed by atoms with Crippen LogP contribution in [0.2, 0.25) is 0 Å². The van der Waals surface area contributed by atoms with Gasteiger partial charge in [0.15, 0.2) is 5.69 Å². The number of oxazole rings is 1. The highest BCUT2D eigenvalue weighted by Gasteiger charge is 2.10. The van der Waals surface area contributed by atoms with Crippen LogP contribution in [-0.4, -0.2) is 36.4 Å². The molecule has 0 spiro atoms. The molecule has 0 aliphatic rings. The highest BCUT2D eigenvalue weighted by atomic mass is 16.6. The summed E-state index contributed by atoms with van der Waals surface area (Å²) in [5, 5.41) is 8.47. The minimum absolute atomic E-state index is 0.0607. The number of carbonyl (C=O) groups is 1. The van der Waals surface area contributed by atoms with Crippen LogP contribution in [0.3, 0.4) is 0 Å². The van der Waals surface area contributed by atoms with Crippen molar-refractivity contribution in [1.29, 1.82) is 0 Å². The third kappa shape index (κ3) is 2.75. The number of methoxy groups -OCH3 is 1. The van der Waals surface area contributed by atoms with E-state index in [-0.39, 0.29) is 18.4 Å². The average Bonchev–Trinajstić information content (AvgIpc) is 2.53. The first-order chi connectivity index (χ1) is 6.24. The number of ether oxygens (including phenoxy) is 2. The fraction of sp³-hybridized carbons (Fsp3) is 0.429. The van der Waals surface area contributed by atoms with E-state index in [2.05, 4.69) is 4.98 Å². The van der Waals surface area contributed by atoms with Crippen molar-refractivity contribution < 1.29 is 23.8 Å². The van der Waals surface area contributed by atoms with Crippen molar-refractivity contribution in [3.63, 3.8) is 0 Å². The van der Waals surface area contributed by atoms with E-state index in [0.717, 1.165) is 6.26 Å². The van der Waals surface area contributed by atoms with Gasteiger partial charge in [-0.05, 0) is 0 Å². The second-order valence-corrected chi connectivity index (χ2v) is 2.15. The summed E-state index contributed by atoms with van der Waals surface area (Å²) in [6, 6.07) is 0. The third-order valence-corrected chi connectivity index (χ3v) is 1.22. The Labute approximate surface area is 74.1 Å². The number of carboxylic acid groups (broad SMARTS) is 1. The molecule has 0 bridgehead atoms. The van der Waals surface area contributed by atoms with Crippen molar-refractivity contribution >= 4 is 5.97 Å². The zero-order valence-electron chi connectivity index (χ0n) is 7.02. The summed E-state index contributed by atoms with van der Waals surface area (Å²) in [4.78, 5) is 13.9. The third-order valence-electron chi connectivity index (χ3n) is 1.22. The van der Waals surface area contributed by atoms with Crippen LogP contribution in [0.15, 0.2) is 10.7 Å². The van der Waals surface area contributed by atoms with Crippen LogP contribution in [0, 0.1) is 0 Å². The number of nitrogens with zero attached hydrogens (tertiary/aromatic N) is 1. The SMILES string of the molecule is COCCOc1nc(C(=O)O)co1. The number of aromatic nitrogens is 1. The first-order valence-electron chi connectivity index (χ1n) is 3.54. The predicted octanol–water partition coefficient (Wildman–Crippen LogP) is 0.398. The molecule has 6 heteroatoms. The van der Waals surface area contributed by atoms with Crippen LogP contribution >= 0.6 is 0 Å². The van der Waals surface area contributed by atoms with Crippen molar-refractivity contribution in [1.82, 2.24) is 4.98 Å². The Morgan fingerprint density at radius 2 is 2.46 bits per heavy atom. The molecule has 0 aliphatic heterocycles. The lowest BCUT2D eigenvalue weighted by molar-refractivity contribution is 0.0690. The van der Waals surface area contributed by atoms with Gasteiger partial charge in [-0.1, -0.05) is 0 Å². The summed E-state index contributed by atoms with van der Waals surface area (Å²) in [5.41, 5.74) is -0.174. The lowest BCUT2D eigenvalue weighted by atomic mass is 10.5. The molecule has 0 radical (unpaired) electrons. The number of hydrogen-bond donors (Lipinski definition) is 1.